The quantitative estimate of drug-likeness (QED) is 0.669. The number of benzene rings is 1. The summed E-state index contributed by atoms with van der Waals surface area (Å²) in [6.45, 7) is 4.31. The molecule has 7 nitrogen and oxygen atoms in total. The summed E-state index contributed by atoms with van der Waals surface area (Å²) in [5, 5.41) is 14.1. The van der Waals surface area contributed by atoms with Gasteiger partial charge in [0, 0.05) is 17.8 Å². The number of nitrogens with zero attached hydrogens (tertiary/aromatic N) is 5. The average Bonchev–Trinajstić information content (AvgIpc) is 3.10. The maximum atomic E-state index is 14.6. The number of piperidine rings is 1. The van der Waals surface area contributed by atoms with Crippen LogP contribution in [0.25, 0.3) is 11.5 Å². The van der Waals surface area contributed by atoms with E-state index in [4.69, 9.17) is 0 Å². The van der Waals surface area contributed by atoms with Crippen LogP contribution in [0.2, 0.25) is 0 Å². The van der Waals surface area contributed by atoms with E-state index in [9.17, 15) is 18.7 Å². The monoisotopic (exact) mass is 427 g/mol. The van der Waals surface area contributed by atoms with Crippen molar-refractivity contribution in [1.29, 1.82) is 0 Å². The molecule has 0 amide bonds. The first-order valence-corrected chi connectivity index (χ1v) is 10.2. The smallest absolute Gasteiger partial charge is 0.326 e. The highest BCUT2D eigenvalue weighted by Gasteiger charge is 2.36. The molecule has 0 radical (unpaired) electrons. The molecule has 4 rings (SSSR count). The zero-order valence-corrected chi connectivity index (χ0v) is 17.3. The fourth-order valence-electron chi connectivity index (χ4n) is 4.05. The number of hydrogen-bond donors (Lipinski definition) is 1. The van der Waals surface area contributed by atoms with E-state index in [1.807, 2.05) is 13.8 Å². The molecule has 0 spiro atoms. The van der Waals surface area contributed by atoms with Gasteiger partial charge in [0.05, 0.1) is 12.7 Å². The molecule has 1 aromatic carbocycles. The molecule has 3 heterocycles. The minimum Gasteiger partial charge on any atom is -0.480 e. The van der Waals surface area contributed by atoms with Crippen LogP contribution in [0.4, 0.5) is 14.6 Å². The standard InChI is InChI=1S/C22H23F2N5O2/c1-13-6-5-9-28(19(13)22(30)31)21-17(24)11-25-20(26-21)18-10-14(2)29(27-18)12-15-7-3-4-8-16(15)23/h3-4,7-8,10-11,13,19H,5-6,9,12H2,1-2H3,(H,30,31). The fraction of sp³-hybridized carbons (Fsp3) is 0.364. The molecule has 1 aliphatic heterocycles. The lowest BCUT2D eigenvalue weighted by molar-refractivity contribution is -0.140. The van der Waals surface area contributed by atoms with Gasteiger partial charge in [-0.05, 0) is 37.8 Å². The number of carboxylic acids is 1. The molecule has 2 unspecified atom stereocenters. The van der Waals surface area contributed by atoms with E-state index in [2.05, 4.69) is 15.1 Å². The molecule has 2 aromatic heterocycles. The zero-order valence-electron chi connectivity index (χ0n) is 17.3. The van der Waals surface area contributed by atoms with Gasteiger partial charge < -0.3 is 10.0 Å². The summed E-state index contributed by atoms with van der Waals surface area (Å²) in [7, 11) is 0. The first-order valence-electron chi connectivity index (χ1n) is 10.2. The Morgan fingerprint density at radius 2 is 2.03 bits per heavy atom. The van der Waals surface area contributed by atoms with Crippen molar-refractivity contribution < 1.29 is 18.7 Å². The number of anilines is 1. The maximum Gasteiger partial charge on any atom is 0.326 e. The van der Waals surface area contributed by atoms with E-state index in [-0.39, 0.29) is 29.9 Å². The van der Waals surface area contributed by atoms with E-state index < -0.39 is 17.8 Å². The lowest BCUT2D eigenvalue weighted by Gasteiger charge is -2.38. The van der Waals surface area contributed by atoms with Gasteiger partial charge in [0.1, 0.15) is 17.6 Å². The molecule has 0 aliphatic carbocycles. The summed E-state index contributed by atoms with van der Waals surface area (Å²) in [4.78, 5) is 21.7. The van der Waals surface area contributed by atoms with Crippen LogP contribution in [-0.4, -0.2) is 43.4 Å². The number of aliphatic carboxylic acids is 1. The summed E-state index contributed by atoms with van der Waals surface area (Å²) in [6, 6.07) is 7.35. The number of aryl methyl sites for hydroxylation is 1. The van der Waals surface area contributed by atoms with Crippen molar-refractivity contribution in [2.75, 3.05) is 11.4 Å². The van der Waals surface area contributed by atoms with Gasteiger partial charge in [0.2, 0.25) is 0 Å². The summed E-state index contributed by atoms with van der Waals surface area (Å²) < 4.78 is 30.3. The van der Waals surface area contributed by atoms with Gasteiger partial charge >= 0.3 is 5.97 Å². The maximum absolute atomic E-state index is 14.6. The number of rotatable bonds is 5. The van der Waals surface area contributed by atoms with E-state index in [1.165, 1.54) is 11.0 Å². The molecule has 1 N–H and O–H groups in total. The Kier molecular flexibility index (Phi) is 5.67. The van der Waals surface area contributed by atoms with Gasteiger partial charge in [-0.25, -0.2) is 23.5 Å². The van der Waals surface area contributed by atoms with Crippen molar-refractivity contribution in [3.05, 3.63) is 59.4 Å². The minimum atomic E-state index is -1.00. The van der Waals surface area contributed by atoms with Crippen LogP contribution < -0.4 is 4.90 Å². The molecule has 0 bridgehead atoms. The first-order chi connectivity index (χ1) is 14.8. The van der Waals surface area contributed by atoms with Crippen LogP contribution in [0.5, 0.6) is 0 Å². The van der Waals surface area contributed by atoms with Crippen molar-refractivity contribution in [3.8, 4) is 11.5 Å². The summed E-state index contributed by atoms with van der Waals surface area (Å²) in [5.74, 6) is -1.98. The second-order valence-corrected chi connectivity index (χ2v) is 7.88. The Bertz CT molecular complexity index is 1120. The van der Waals surface area contributed by atoms with Crippen molar-refractivity contribution in [2.45, 2.75) is 39.3 Å². The molecule has 3 aromatic rings. The van der Waals surface area contributed by atoms with Crippen LogP contribution in [0.15, 0.2) is 36.5 Å². The third-order valence-corrected chi connectivity index (χ3v) is 5.67. The van der Waals surface area contributed by atoms with Crippen molar-refractivity contribution >= 4 is 11.8 Å². The van der Waals surface area contributed by atoms with E-state index in [0.717, 1.165) is 24.7 Å². The van der Waals surface area contributed by atoms with Gasteiger partial charge in [-0.15, -0.1) is 0 Å². The predicted octanol–water partition coefficient (Wildman–Crippen LogP) is 3.66. The Hall–Kier alpha value is -3.36. The second kappa shape index (κ2) is 8.41. The topological polar surface area (TPSA) is 84.1 Å². The Morgan fingerprint density at radius 3 is 2.77 bits per heavy atom. The number of carbonyl (C=O) groups is 1. The average molecular weight is 427 g/mol. The summed E-state index contributed by atoms with van der Waals surface area (Å²) in [5.41, 5.74) is 1.67. The molecular formula is C22H23F2N5O2. The van der Waals surface area contributed by atoms with Gasteiger partial charge in [-0.3, -0.25) is 4.68 Å². The third kappa shape index (κ3) is 4.12. The Labute approximate surface area is 178 Å². The van der Waals surface area contributed by atoms with Crippen LogP contribution in [0.3, 0.4) is 0 Å². The van der Waals surface area contributed by atoms with Crippen LogP contribution in [0, 0.1) is 24.5 Å². The van der Waals surface area contributed by atoms with Crippen molar-refractivity contribution in [1.82, 2.24) is 19.7 Å². The molecule has 1 aliphatic rings. The number of carboxylic acid groups (broad SMARTS) is 1. The fourth-order valence-corrected chi connectivity index (χ4v) is 4.05. The predicted molar refractivity (Wildman–Crippen MR) is 111 cm³/mol. The highest BCUT2D eigenvalue weighted by molar-refractivity contribution is 5.78. The SMILES string of the molecule is Cc1cc(-c2ncc(F)c(N3CCCC(C)C3C(=O)O)n2)nn1Cc1ccccc1F. The molecular weight excluding hydrogens is 404 g/mol. The normalized spacial score (nSPS) is 18.9. The van der Waals surface area contributed by atoms with Crippen molar-refractivity contribution in [2.24, 2.45) is 5.92 Å². The van der Waals surface area contributed by atoms with Crippen LogP contribution in [-0.2, 0) is 11.3 Å². The summed E-state index contributed by atoms with van der Waals surface area (Å²) in [6.07, 6.45) is 2.55. The van der Waals surface area contributed by atoms with Gasteiger partial charge in [0.25, 0.3) is 0 Å². The number of hydrogen-bond acceptors (Lipinski definition) is 5. The van der Waals surface area contributed by atoms with Gasteiger partial charge in [-0.1, -0.05) is 25.1 Å². The molecule has 162 valence electrons. The van der Waals surface area contributed by atoms with E-state index in [1.54, 1.807) is 28.9 Å². The van der Waals surface area contributed by atoms with Crippen LogP contribution >= 0.6 is 0 Å². The Balaban J connectivity index is 1.67. The minimum absolute atomic E-state index is 0.0368. The molecule has 0 saturated carbocycles. The molecule has 9 heteroatoms. The van der Waals surface area contributed by atoms with Crippen molar-refractivity contribution in [3.63, 3.8) is 0 Å². The summed E-state index contributed by atoms with van der Waals surface area (Å²) >= 11 is 0. The molecule has 2 atom stereocenters. The molecule has 31 heavy (non-hydrogen) atoms. The lowest BCUT2D eigenvalue weighted by atomic mass is 9.91. The lowest BCUT2D eigenvalue weighted by Crippen LogP contribution is -2.50. The first kappa shape index (κ1) is 20.9. The molecule has 1 saturated heterocycles. The number of halogens is 2. The van der Waals surface area contributed by atoms with Crippen LogP contribution in [0.1, 0.15) is 31.0 Å². The largest absolute Gasteiger partial charge is 0.480 e. The zero-order chi connectivity index (χ0) is 22.1. The third-order valence-electron chi connectivity index (χ3n) is 5.67. The van der Waals surface area contributed by atoms with E-state index >= 15 is 0 Å². The highest BCUT2D eigenvalue weighted by Crippen LogP contribution is 2.30. The highest BCUT2D eigenvalue weighted by atomic mass is 19.1. The van der Waals surface area contributed by atoms with Gasteiger partial charge in [0.15, 0.2) is 17.5 Å². The van der Waals surface area contributed by atoms with E-state index in [0.29, 0.717) is 17.8 Å². The Morgan fingerprint density at radius 1 is 1.26 bits per heavy atom. The second-order valence-electron chi connectivity index (χ2n) is 7.88. The molecule has 1 fully saturated rings. The van der Waals surface area contributed by atoms with Gasteiger partial charge in [-0.2, -0.15) is 5.10 Å². The number of aromatic nitrogens is 4.